The van der Waals surface area contributed by atoms with Crippen molar-refractivity contribution in [2.45, 2.75) is 10.9 Å². The molecule has 34 heavy (non-hydrogen) atoms. The highest BCUT2D eigenvalue weighted by molar-refractivity contribution is 7.98. The highest BCUT2D eigenvalue weighted by Crippen LogP contribution is 2.44. The standard InChI is InChI=1S/C27H25N3O3S/c1-29-22-10-5-4-9-21(22)24-25(17-11-13-19(33-2)14-12-17)30(27(32)26(24)29)16-23(31)28-18-7-6-8-20(15-18)34-3/h4-15,25H,16H2,1-3H3,(H,28,31)/t25-/m0/s1. The van der Waals surface area contributed by atoms with Gasteiger partial charge in [0.2, 0.25) is 5.91 Å². The summed E-state index contributed by atoms with van der Waals surface area (Å²) in [5, 5.41) is 3.97. The van der Waals surface area contributed by atoms with Gasteiger partial charge in [0.15, 0.2) is 0 Å². The number of rotatable bonds is 6. The first kappa shape index (κ1) is 22.1. The number of hydrogen-bond donors (Lipinski definition) is 1. The lowest BCUT2D eigenvalue weighted by Crippen LogP contribution is -2.37. The van der Waals surface area contributed by atoms with Crippen LogP contribution < -0.4 is 10.1 Å². The van der Waals surface area contributed by atoms with Crippen molar-refractivity contribution in [2.24, 2.45) is 7.05 Å². The van der Waals surface area contributed by atoms with Crippen LogP contribution in [0.2, 0.25) is 0 Å². The number of benzene rings is 3. The summed E-state index contributed by atoms with van der Waals surface area (Å²) in [6.45, 7) is -0.0535. The average molecular weight is 472 g/mol. The van der Waals surface area contributed by atoms with Gasteiger partial charge in [-0.25, -0.2) is 0 Å². The van der Waals surface area contributed by atoms with Crippen LogP contribution in [0.15, 0.2) is 77.7 Å². The molecule has 172 valence electrons. The highest BCUT2D eigenvalue weighted by Gasteiger charge is 2.42. The molecule has 5 rings (SSSR count). The van der Waals surface area contributed by atoms with Crippen LogP contribution >= 0.6 is 11.8 Å². The third kappa shape index (κ3) is 3.72. The summed E-state index contributed by atoms with van der Waals surface area (Å²) in [7, 11) is 3.53. The van der Waals surface area contributed by atoms with Gasteiger partial charge in [0.05, 0.1) is 13.2 Å². The number of carbonyl (C=O) groups excluding carboxylic acids is 2. The maximum absolute atomic E-state index is 13.7. The number of carbonyl (C=O) groups is 2. The molecule has 1 aliphatic heterocycles. The maximum Gasteiger partial charge on any atom is 0.272 e. The number of amides is 2. The molecular formula is C27H25N3O3S. The fourth-order valence-electron chi connectivity index (χ4n) is 4.72. The topological polar surface area (TPSA) is 63.6 Å². The molecule has 6 nitrogen and oxygen atoms in total. The number of thioether (sulfide) groups is 1. The van der Waals surface area contributed by atoms with Gasteiger partial charge in [-0.2, -0.15) is 0 Å². The highest BCUT2D eigenvalue weighted by atomic mass is 32.2. The second-order valence-corrected chi connectivity index (χ2v) is 9.11. The minimum atomic E-state index is -0.372. The van der Waals surface area contributed by atoms with Crippen LogP contribution in [0, 0.1) is 0 Å². The zero-order valence-corrected chi connectivity index (χ0v) is 20.1. The van der Waals surface area contributed by atoms with Gasteiger partial charge in [0.1, 0.15) is 18.0 Å². The van der Waals surface area contributed by atoms with E-state index in [0.717, 1.165) is 32.7 Å². The van der Waals surface area contributed by atoms with Crippen LogP contribution in [0.5, 0.6) is 5.75 Å². The summed E-state index contributed by atoms with van der Waals surface area (Å²) >= 11 is 1.61. The third-order valence-corrected chi connectivity index (χ3v) is 7.02. The van der Waals surface area contributed by atoms with E-state index < -0.39 is 0 Å². The molecule has 1 aromatic heterocycles. The second kappa shape index (κ2) is 8.91. The lowest BCUT2D eigenvalue weighted by molar-refractivity contribution is -0.117. The van der Waals surface area contributed by atoms with Crippen molar-refractivity contribution < 1.29 is 14.3 Å². The van der Waals surface area contributed by atoms with E-state index in [1.165, 1.54) is 0 Å². The quantitative estimate of drug-likeness (QED) is 0.398. The van der Waals surface area contributed by atoms with Crippen molar-refractivity contribution in [2.75, 3.05) is 25.2 Å². The minimum absolute atomic E-state index is 0.0535. The van der Waals surface area contributed by atoms with Crippen LogP contribution in [0.1, 0.15) is 27.7 Å². The molecule has 0 saturated heterocycles. The first-order chi connectivity index (χ1) is 16.5. The molecular weight excluding hydrogens is 446 g/mol. The van der Waals surface area contributed by atoms with Gasteiger partial charge in [0, 0.05) is 34.1 Å². The molecule has 0 saturated carbocycles. The van der Waals surface area contributed by atoms with Crippen molar-refractivity contribution >= 4 is 40.2 Å². The zero-order valence-electron chi connectivity index (χ0n) is 19.2. The SMILES string of the molecule is COc1ccc([C@H]2c3c(n(C)c4ccccc34)C(=O)N2CC(=O)Nc2cccc(SC)c2)cc1. The Morgan fingerprint density at radius 1 is 1.06 bits per heavy atom. The summed E-state index contributed by atoms with van der Waals surface area (Å²) in [4.78, 5) is 29.5. The number of para-hydroxylation sites is 1. The van der Waals surface area contributed by atoms with E-state index >= 15 is 0 Å². The normalized spacial score (nSPS) is 15.0. The van der Waals surface area contributed by atoms with Gasteiger partial charge in [0.25, 0.3) is 5.91 Å². The van der Waals surface area contributed by atoms with Gasteiger partial charge in [-0.15, -0.1) is 11.8 Å². The Labute approximate surface area is 202 Å². The van der Waals surface area contributed by atoms with E-state index in [1.807, 2.05) is 90.7 Å². The first-order valence-electron chi connectivity index (χ1n) is 11.0. The molecule has 2 heterocycles. The molecule has 0 fully saturated rings. The first-order valence-corrected chi connectivity index (χ1v) is 12.2. The summed E-state index contributed by atoms with van der Waals surface area (Å²) in [5.41, 5.74) is 4.20. The Morgan fingerprint density at radius 2 is 1.82 bits per heavy atom. The number of anilines is 1. The van der Waals surface area contributed by atoms with E-state index in [0.29, 0.717) is 11.4 Å². The summed E-state index contributed by atoms with van der Waals surface area (Å²) < 4.78 is 7.26. The molecule has 4 aromatic rings. The molecule has 1 aliphatic rings. The summed E-state index contributed by atoms with van der Waals surface area (Å²) in [5.74, 6) is 0.356. The monoisotopic (exact) mass is 471 g/mol. The third-order valence-electron chi connectivity index (χ3n) is 6.29. The Morgan fingerprint density at radius 3 is 2.56 bits per heavy atom. The number of hydrogen-bond acceptors (Lipinski definition) is 4. The van der Waals surface area contributed by atoms with E-state index in [2.05, 4.69) is 5.32 Å². The number of fused-ring (bicyclic) bond motifs is 3. The smallest absolute Gasteiger partial charge is 0.272 e. The van der Waals surface area contributed by atoms with Crippen LogP contribution in [-0.2, 0) is 11.8 Å². The van der Waals surface area contributed by atoms with Crippen molar-refractivity contribution in [3.05, 3.63) is 89.6 Å². The lowest BCUT2D eigenvalue weighted by atomic mass is 9.98. The summed E-state index contributed by atoms with van der Waals surface area (Å²) in [6.07, 6.45) is 1.99. The Hall–Kier alpha value is -3.71. The van der Waals surface area contributed by atoms with Gasteiger partial charge in [-0.1, -0.05) is 36.4 Å². The van der Waals surface area contributed by atoms with Crippen LogP contribution in [0.4, 0.5) is 5.69 Å². The van der Waals surface area contributed by atoms with E-state index in [-0.39, 0.29) is 24.4 Å². The van der Waals surface area contributed by atoms with E-state index in [1.54, 1.807) is 23.8 Å². The molecule has 0 spiro atoms. The average Bonchev–Trinajstić information content (AvgIpc) is 3.31. The van der Waals surface area contributed by atoms with Gasteiger partial charge >= 0.3 is 0 Å². The summed E-state index contributed by atoms with van der Waals surface area (Å²) in [6, 6.07) is 23.0. The minimum Gasteiger partial charge on any atom is -0.497 e. The van der Waals surface area contributed by atoms with Crippen LogP contribution in [-0.4, -0.2) is 41.2 Å². The molecule has 3 aromatic carbocycles. The van der Waals surface area contributed by atoms with Crippen molar-refractivity contribution in [1.29, 1.82) is 0 Å². The van der Waals surface area contributed by atoms with Crippen LogP contribution in [0.3, 0.4) is 0 Å². The van der Waals surface area contributed by atoms with E-state index in [4.69, 9.17) is 4.74 Å². The molecule has 1 atom stereocenters. The lowest BCUT2D eigenvalue weighted by Gasteiger charge is -2.26. The molecule has 2 amide bonds. The molecule has 0 radical (unpaired) electrons. The number of ether oxygens (including phenoxy) is 1. The number of nitrogens with one attached hydrogen (secondary N) is 1. The van der Waals surface area contributed by atoms with E-state index in [9.17, 15) is 9.59 Å². The molecule has 7 heteroatoms. The van der Waals surface area contributed by atoms with Crippen molar-refractivity contribution in [1.82, 2.24) is 9.47 Å². The molecule has 1 N–H and O–H groups in total. The predicted molar refractivity (Wildman–Crippen MR) is 136 cm³/mol. The van der Waals surface area contributed by atoms with Gasteiger partial charge in [-0.05, 0) is 48.2 Å². The fourth-order valence-corrected chi connectivity index (χ4v) is 5.18. The Kier molecular flexibility index (Phi) is 5.79. The molecule has 0 aliphatic carbocycles. The Bertz CT molecular complexity index is 1390. The number of methoxy groups -OCH3 is 1. The Balaban J connectivity index is 1.54. The number of aromatic nitrogens is 1. The largest absolute Gasteiger partial charge is 0.497 e. The van der Waals surface area contributed by atoms with Gasteiger partial charge < -0.3 is 19.5 Å². The predicted octanol–water partition coefficient (Wildman–Crippen LogP) is 5.09. The van der Waals surface area contributed by atoms with Crippen molar-refractivity contribution in [3.63, 3.8) is 0 Å². The molecule has 0 bridgehead atoms. The molecule has 0 unspecified atom stereocenters. The van der Waals surface area contributed by atoms with Gasteiger partial charge in [-0.3, -0.25) is 9.59 Å². The van der Waals surface area contributed by atoms with Crippen molar-refractivity contribution in [3.8, 4) is 5.75 Å². The zero-order chi connectivity index (χ0) is 23.8. The maximum atomic E-state index is 13.7. The second-order valence-electron chi connectivity index (χ2n) is 8.23. The fraction of sp³-hybridized carbons (Fsp3) is 0.185. The number of nitrogens with zero attached hydrogens (tertiary/aromatic N) is 2. The van der Waals surface area contributed by atoms with Crippen LogP contribution in [0.25, 0.3) is 10.9 Å². The number of aryl methyl sites for hydroxylation is 1.